The molecule has 1 aromatic carbocycles. The van der Waals surface area contributed by atoms with Crippen LogP contribution in [0.15, 0.2) is 29.3 Å². The van der Waals surface area contributed by atoms with E-state index < -0.39 is 0 Å². The zero-order valence-electron chi connectivity index (χ0n) is 12.2. The van der Waals surface area contributed by atoms with Crippen molar-refractivity contribution in [3.8, 4) is 0 Å². The van der Waals surface area contributed by atoms with Crippen LogP contribution in [-0.4, -0.2) is 25.1 Å². The van der Waals surface area contributed by atoms with Gasteiger partial charge in [-0.05, 0) is 39.7 Å². The Morgan fingerprint density at radius 1 is 1.17 bits per heavy atom. The van der Waals surface area contributed by atoms with E-state index >= 15 is 0 Å². The van der Waals surface area contributed by atoms with Crippen molar-refractivity contribution >= 4 is 5.96 Å². The quantitative estimate of drug-likeness (QED) is 0.636. The molecule has 1 aromatic rings. The van der Waals surface area contributed by atoms with Crippen LogP contribution < -0.4 is 10.6 Å². The molecular weight excluding hydrogens is 222 g/mol. The second kappa shape index (κ2) is 6.43. The third-order valence-electron chi connectivity index (χ3n) is 2.54. The van der Waals surface area contributed by atoms with Crippen molar-refractivity contribution in [1.29, 1.82) is 0 Å². The average Bonchev–Trinajstić information content (AvgIpc) is 2.29. The van der Waals surface area contributed by atoms with Gasteiger partial charge in [-0.15, -0.1) is 0 Å². The third kappa shape index (κ3) is 5.71. The number of guanidine groups is 1. The summed E-state index contributed by atoms with van der Waals surface area (Å²) in [5.74, 6) is 0.856. The summed E-state index contributed by atoms with van der Waals surface area (Å²) in [5, 5.41) is 6.67. The third-order valence-corrected chi connectivity index (χ3v) is 2.54. The molecule has 0 atom stereocenters. The van der Waals surface area contributed by atoms with E-state index in [4.69, 9.17) is 0 Å². The van der Waals surface area contributed by atoms with Crippen LogP contribution in [0.5, 0.6) is 0 Å². The molecule has 0 heterocycles. The first kappa shape index (κ1) is 14.6. The molecule has 3 nitrogen and oxygen atoms in total. The molecule has 0 aliphatic rings. The molecule has 0 saturated carbocycles. The van der Waals surface area contributed by atoms with Crippen LogP contribution in [0.25, 0.3) is 0 Å². The van der Waals surface area contributed by atoms with Crippen molar-refractivity contribution in [2.75, 3.05) is 13.6 Å². The molecule has 0 spiro atoms. The molecule has 0 bridgehead atoms. The number of nitrogens with zero attached hydrogens (tertiary/aromatic N) is 1. The maximum absolute atomic E-state index is 4.21. The smallest absolute Gasteiger partial charge is 0.191 e. The van der Waals surface area contributed by atoms with Crippen LogP contribution in [0.2, 0.25) is 0 Å². The van der Waals surface area contributed by atoms with E-state index in [1.165, 1.54) is 11.1 Å². The SMILES string of the molecule is CN=C(NCCc1ccc(C)cc1)NC(C)(C)C. The van der Waals surface area contributed by atoms with E-state index in [0.29, 0.717) is 0 Å². The number of nitrogens with one attached hydrogen (secondary N) is 2. The zero-order chi connectivity index (χ0) is 13.6. The summed E-state index contributed by atoms with van der Waals surface area (Å²) < 4.78 is 0. The molecule has 0 aromatic heterocycles. The molecule has 0 amide bonds. The van der Waals surface area contributed by atoms with Gasteiger partial charge in [0, 0.05) is 19.1 Å². The fraction of sp³-hybridized carbons (Fsp3) is 0.533. The van der Waals surface area contributed by atoms with Gasteiger partial charge in [0.15, 0.2) is 5.96 Å². The Hall–Kier alpha value is -1.51. The van der Waals surface area contributed by atoms with Crippen LogP contribution in [0.1, 0.15) is 31.9 Å². The second-order valence-corrected chi connectivity index (χ2v) is 5.61. The number of hydrogen-bond donors (Lipinski definition) is 2. The van der Waals surface area contributed by atoms with Crippen molar-refractivity contribution in [2.24, 2.45) is 4.99 Å². The number of hydrogen-bond acceptors (Lipinski definition) is 1. The van der Waals surface area contributed by atoms with Crippen LogP contribution >= 0.6 is 0 Å². The maximum atomic E-state index is 4.21. The lowest BCUT2D eigenvalue weighted by atomic mass is 10.1. The van der Waals surface area contributed by atoms with E-state index in [0.717, 1.165) is 18.9 Å². The first-order chi connectivity index (χ1) is 8.40. The van der Waals surface area contributed by atoms with Crippen LogP contribution in [0.4, 0.5) is 0 Å². The summed E-state index contributed by atoms with van der Waals surface area (Å²) in [7, 11) is 1.80. The molecule has 18 heavy (non-hydrogen) atoms. The minimum atomic E-state index is 0.0334. The van der Waals surface area contributed by atoms with Crippen LogP contribution in [0.3, 0.4) is 0 Å². The Balaban J connectivity index is 2.38. The van der Waals surface area contributed by atoms with E-state index in [2.05, 4.69) is 67.6 Å². The molecule has 100 valence electrons. The monoisotopic (exact) mass is 247 g/mol. The average molecular weight is 247 g/mol. The Bertz CT molecular complexity index is 385. The van der Waals surface area contributed by atoms with Crippen molar-refractivity contribution in [3.05, 3.63) is 35.4 Å². The fourth-order valence-corrected chi connectivity index (χ4v) is 1.61. The van der Waals surface area contributed by atoms with Gasteiger partial charge >= 0.3 is 0 Å². The van der Waals surface area contributed by atoms with Gasteiger partial charge < -0.3 is 10.6 Å². The molecule has 0 aliphatic carbocycles. The molecular formula is C15H25N3. The van der Waals surface area contributed by atoms with Crippen molar-refractivity contribution in [2.45, 2.75) is 39.7 Å². The van der Waals surface area contributed by atoms with E-state index in [1.807, 2.05) is 0 Å². The van der Waals surface area contributed by atoms with Gasteiger partial charge in [0.25, 0.3) is 0 Å². The lowest BCUT2D eigenvalue weighted by molar-refractivity contribution is 0.501. The number of rotatable bonds is 3. The van der Waals surface area contributed by atoms with Crippen LogP contribution in [0, 0.1) is 6.92 Å². The molecule has 1 rings (SSSR count). The first-order valence-electron chi connectivity index (χ1n) is 6.45. The predicted octanol–water partition coefficient (Wildman–Crippen LogP) is 2.50. The second-order valence-electron chi connectivity index (χ2n) is 5.61. The number of benzene rings is 1. The Labute approximate surface area is 111 Å². The summed E-state index contributed by atoms with van der Waals surface area (Å²) in [6, 6.07) is 8.66. The normalized spacial score (nSPS) is 12.4. The summed E-state index contributed by atoms with van der Waals surface area (Å²) in [6.07, 6.45) is 1.01. The fourth-order valence-electron chi connectivity index (χ4n) is 1.61. The highest BCUT2D eigenvalue weighted by Gasteiger charge is 2.11. The van der Waals surface area contributed by atoms with Crippen molar-refractivity contribution < 1.29 is 0 Å². The van der Waals surface area contributed by atoms with E-state index in [9.17, 15) is 0 Å². The van der Waals surface area contributed by atoms with Gasteiger partial charge in [-0.1, -0.05) is 29.8 Å². The topological polar surface area (TPSA) is 36.4 Å². The van der Waals surface area contributed by atoms with Crippen LogP contribution in [-0.2, 0) is 6.42 Å². The van der Waals surface area contributed by atoms with Gasteiger partial charge in [-0.2, -0.15) is 0 Å². The summed E-state index contributed by atoms with van der Waals surface area (Å²) in [6.45, 7) is 9.37. The van der Waals surface area contributed by atoms with Gasteiger partial charge in [0.1, 0.15) is 0 Å². The minimum Gasteiger partial charge on any atom is -0.356 e. The van der Waals surface area contributed by atoms with Gasteiger partial charge in [-0.3, -0.25) is 4.99 Å². The minimum absolute atomic E-state index is 0.0334. The molecule has 0 fully saturated rings. The highest BCUT2D eigenvalue weighted by Crippen LogP contribution is 2.03. The largest absolute Gasteiger partial charge is 0.356 e. The van der Waals surface area contributed by atoms with Gasteiger partial charge in [-0.25, -0.2) is 0 Å². The standard InChI is InChI=1S/C15H25N3/c1-12-6-8-13(9-7-12)10-11-17-14(16-5)18-15(2,3)4/h6-9H,10-11H2,1-5H3,(H2,16,17,18). The predicted molar refractivity (Wildman–Crippen MR) is 79.1 cm³/mol. The number of aryl methyl sites for hydroxylation is 1. The lowest BCUT2D eigenvalue weighted by Gasteiger charge is -2.23. The lowest BCUT2D eigenvalue weighted by Crippen LogP contribution is -2.48. The van der Waals surface area contributed by atoms with E-state index in [-0.39, 0.29) is 5.54 Å². The summed E-state index contributed by atoms with van der Waals surface area (Å²) in [4.78, 5) is 4.21. The molecule has 0 saturated heterocycles. The Morgan fingerprint density at radius 2 is 1.78 bits per heavy atom. The molecule has 3 heteroatoms. The zero-order valence-corrected chi connectivity index (χ0v) is 12.2. The highest BCUT2D eigenvalue weighted by molar-refractivity contribution is 5.80. The number of aliphatic imine (C=N–C) groups is 1. The van der Waals surface area contributed by atoms with E-state index in [1.54, 1.807) is 7.05 Å². The van der Waals surface area contributed by atoms with Crippen molar-refractivity contribution in [1.82, 2.24) is 10.6 Å². The highest BCUT2D eigenvalue weighted by atomic mass is 15.2. The first-order valence-corrected chi connectivity index (χ1v) is 6.45. The summed E-state index contributed by atoms with van der Waals surface area (Å²) in [5.41, 5.74) is 2.68. The van der Waals surface area contributed by atoms with Gasteiger partial charge in [0.2, 0.25) is 0 Å². The summed E-state index contributed by atoms with van der Waals surface area (Å²) >= 11 is 0. The van der Waals surface area contributed by atoms with Gasteiger partial charge in [0.05, 0.1) is 0 Å². The maximum Gasteiger partial charge on any atom is 0.191 e. The molecule has 0 aliphatic heterocycles. The Kier molecular flexibility index (Phi) is 5.20. The van der Waals surface area contributed by atoms with Crippen molar-refractivity contribution in [3.63, 3.8) is 0 Å². The molecule has 0 unspecified atom stereocenters. The Morgan fingerprint density at radius 3 is 2.28 bits per heavy atom. The molecule has 2 N–H and O–H groups in total. The molecule has 0 radical (unpaired) electrons.